The Labute approximate surface area is 105 Å². The molecule has 0 saturated heterocycles. The predicted octanol–water partition coefficient (Wildman–Crippen LogP) is 3.04. The van der Waals surface area contributed by atoms with Crippen molar-refractivity contribution in [2.24, 2.45) is 5.92 Å². The first-order valence-corrected chi connectivity index (χ1v) is 6.27. The van der Waals surface area contributed by atoms with Gasteiger partial charge in [-0.15, -0.1) is 0 Å². The third-order valence-electron chi connectivity index (χ3n) is 3.76. The lowest BCUT2D eigenvalue weighted by Crippen LogP contribution is -2.39. The monoisotopic (exact) mass is 256 g/mol. The minimum atomic E-state index is -2.54. The molecule has 1 saturated carbocycles. The summed E-state index contributed by atoms with van der Waals surface area (Å²) in [5.41, 5.74) is 1.11. The molecule has 1 atom stereocenters. The van der Waals surface area contributed by atoms with Crippen LogP contribution in [0.1, 0.15) is 56.7 Å². The Morgan fingerprint density at radius 1 is 1.39 bits per heavy atom. The Kier molecular flexibility index (Phi) is 3.25. The lowest BCUT2D eigenvalue weighted by Gasteiger charge is -2.38. The highest BCUT2D eigenvalue weighted by Gasteiger charge is 2.47. The molecule has 0 aromatic carbocycles. The molecule has 1 fully saturated rings. The van der Waals surface area contributed by atoms with Crippen molar-refractivity contribution in [2.45, 2.75) is 51.4 Å². The Balaban J connectivity index is 2.22. The topological polar surface area (TPSA) is 45.8 Å². The van der Waals surface area contributed by atoms with E-state index < -0.39 is 5.92 Å². The van der Waals surface area contributed by atoms with Crippen LogP contribution in [0.15, 0.2) is 10.9 Å². The van der Waals surface area contributed by atoms with Gasteiger partial charge in [0.1, 0.15) is 0 Å². The van der Waals surface area contributed by atoms with Crippen molar-refractivity contribution in [2.75, 3.05) is 0 Å². The third-order valence-corrected chi connectivity index (χ3v) is 3.76. The van der Waals surface area contributed by atoms with Gasteiger partial charge in [0.15, 0.2) is 0 Å². The van der Waals surface area contributed by atoms with Crippen LogP contribution in [-0.4, -0.2) is 16.1 Å². The summed E-state index contributed by atoms with van der Waals surface area (Å²) in [6.45, 7) is 5.80. The van der Waals surface area contributed by atoms with Gasteiger partial charge in [-0.3, -0.25) is 4.79 Å². The van der Waals surface area contributed by atoms with Crippen LogP contribution < -0.4 is 5.56 Å². The normalized spacial score (nSPS) is 20.8. The standard InChI is InChI=1S/C13H18F2N2O/c1-7(2)11-4-10(12(18)17-16-11)8(3)9-5-13(14,15)6-9/h4,7-9H,5-6H2,1-3H3,(H,17,18). The SMILES string of the molecule is CC(C)c1cc(C(C)C2CC(F)(F)C2)c(=O)[nH]n1. The molecule has 2 rings (SSSR count). The van der Waals surface area contributed by atoms with E-state index in [4.69, 9.17) is 0 Å². The van der Waals surface area contributed by atoms with E-state index >= 15 is 0 Å². The van der Waals surface area contributed by atoms with E-state index in [0.29, 0.717) is 5.56 Å². The van der Waals surface area contributed by atoms with Gasteiger partial charge in [-0.05, 0) is 23.8 Å². The maximum atomic E-state index is 12.9. The van der Waals surface area contributed by atoms with Crippen molar-refractivity contribution >= 4 is 0 Å². The smallest absolute Gasteiger partial charge is 0.267 e. The maximum absolute atomic E-state index is 12.9. The molecule has 5 heteroatoms. The van der Waals surface area contributed by atoms with Gasteiger partial charge in [-0.2, -0.15) is 5.10 Å². The molecule has 1 aliphatic carbocycles. The molecule has 0 bridgehead atoms. The van der Waals surface area contributed by atoms with E-state index in [1.165, 1.54) is 0 Å². The number of H-pyrrole nitrogens is 1. The fraction of sp³-hybridized carbons (Fsp3) is 0.692. The lowest BCUT2D eigenvalue weighted by atomic mass is 9.71. The Morgan fingerprint density at radius 2 is 2.00 bits per heavy atom. The fourth-order valence-electron chi connectivity index (χ4n) is 2.39. The van der Waals surface area contributed by atoms with Crippen LogP contribution in [0.5, 0.6) is 0 Å². The molecule has 0 aliphatic heterocycles. The van der Waals surface area contributed by atoms with Gasteiger partial charge in [0.25, 0.3) is 5.56 Å². The maximum Gasteiger partial charge on any atom is 0.267 e. The van der Waals surface area contributed by atoms with Crippen molar-refractivity contribution < 1.29 is 8.78 Å². The number of hydrogen-bond donors (Lipinski definition) is 1. The summed E-state index contributed by atoms with van der Waals surface area (Å²) in [4.78, 5) is 11.7. The van der Waals surface area contributed by atoms with Crippen LogP contribution in [0.3, 0.4) is 0 Å². The molecule has 3 nitrogen and oxygen atoms in total. The summed E-state index contributed by atoms with van der Waals surface area (Å²) >= 11 is 0. The van der Waals surface area contributed by atoms with Crippen molar-refractivity contribution in [3.63, 3.8) is 0 Å². The molecular formula is C13H18F2N2O. The van der Waals surface area contributed by atoms with Gasteiger partial charge in [0, 0.05) is 18.4 Å². The zero-order valence-electron chi connectivity index (χ0n) is 10.8. The molecule has 18 heavy (non-hydrogen) atoms. The molecule has 0 radical (unpaired) electrons. The van der Waals surface area contributed by atoms with Gasteiger partial charge >= 0.3 is 0 Å². The van der Waals surface area contributed by atoms with E-state index in [0.717, 1.165) is 5.69 Å². The van der Waals surface area contributed by atoms with E-state index in [2.05, 4.69) is 10.2 Å². The number of alkyl halides is 2. The summed E-state index contributed by atoms with van der Waals surface area (Å²) in [5, 5.41) is 6.43. The first kappa shape index (κ1) is 13.2. The third kappa shape index (κ3) is 2.44. The second-order valence-electron chi connectivity index (χ2n) is 5.54. The average molecular weight is 256 g/mol. The summed E-state index contributed by atoms with van der Waals surface area (Å²) in [7, 11) is 0. The number of nitrogens with zero attached hydrogens (tertiary/aromatic N) is 1. The highest BCUT2D eigenvalue weighted by Crippen LogP contribution is 2.48. The van der Waals surface area contributed by atoms with Crippen LogP contribution in [0.25, 0.3) is 0 Å². The molecular weight excluding hydrogens is 238 g/mol. The number of hydrogen-bond acceptors (Lipinski definition) is 2. The first-order chi connectivity index (χ1) is 8.30. The zero-order valence-corrected chi connectivity index (χ0v) is 10.8. The molecule has 0 amide bonds. The minimum Gasteiger partial charge on any atom is -0.268 e. The molecule has 1 aromatic heterocycles. The molecule has 1 aliphatic rings. The highest BCUT2D eigenvalue weighted by atomic mass is 19.3. The largest absolute Gasteiger partial charge is 0.268 e. The van der Waals surface area contributed by atoms with Gasteiger partial charge in [-0.1, -0.05) is 20.8 Å². The van der Waals surface area contributed by atoms with Crippen LogP contribution in [0, 0.1) is 5.92 Å². The van der Waals surface area contributed by atoms with Crippen LogP contribution in [-0.2, 0) is 0 Å². The first-order valence-electron chi connectivity index (χ1n) is 6.27. The van der Waals surface area contributed by atoms with Crippen LogP contribution in [0.2, 0.25) is 0 Å². The Morgan fingerprint density at radius 3 is 2.50 bits per heavy atom. The molecule has 1 unspecified atom stereocenters. The lowest BCUT2D eigenvalue weighted by molar-refractivity contribution is -0.116. The van der Waals surface area contributed by atoms with Crippen molar-refractivity contribution in [1.29, 1.82) is 0 Å². The number of rotatable bonds is 3. The van der Waals surface area contributed by atoms with Crippen molar-refractivity contribution in [1.82, 2.24) is 10.2 Å². The second-order valence-corrected chi connectivity index (χ2v) is 5.54. The molecule has 1 aromatic rings. The Bertz CT molecular complexity index is 488. The van der Waals surface area contributed by atoms with Crippen molar-refractivity contribution in [3.05, 3.63) is 27.7 Å². The summed E-state index contributed by atoms with van der Waals surface area (Å²) < 4.78 is 25.7. The second kappa shape index (κ2) is 4.44. The Hall–Kier alpha value is -1.26. The van der Waals surface area contributed by atoms with Crippen LogP contribution >= 0.6 is 0 Å². The van der Waals surface area contributed by atoms with E-state index in [9.17, 15) is 13.6 Å². The van der Waals surface area contributed by atoms with E-state index in [-0.39, 0.29) is 36.2 Å². The summed E-state index contributed by atoms with van der Waals surface area (Å²) in [6, 6.07) is 1.75. The van der Waals surface area contributed by atoms with Crippen molar-refractivity contribution in [3.8, 4) is 0 Å². The van der Waals surface area contributed by atoms with Gasteiger partial charge in [-0.25, -0.2) is 13.9 Å². The average Bonchev–Trinajstić information content (AvgIpc) is 2.25. The van der Waals surface area contributed by atoms with E-state index in [1.807, 2.05) is 20.8 Å². The summed E-state index contributed by atoms with van der Waals surface area (Å²) in [6.07, 6.45) is -0.236. The van der Waals surface area contributed by atoms with Gasteiger partial charge < -0.3 is 0 Å². The molecule has 1 N–H and O–H groups in total. The predicted molar refractivity (Wildman–Crippen MR) is 65.0 cm³/mol. The molecule has 1 heterocycles. The summed E-state index contributed by atoms with van der Waals surface area (Å²) in [5.74, 6) is -2.59. The van der Waals surface area contributed by atoms with Gasteiger partial charge in [0.05, 0.1) is 5.69 Å². The number of nitrogens with one attached hydrogen (secondary N) is 1. The molecule has 0 spiro atoms. The van der Waals surface area contributed by atoms with Gasteiger partial charge in [0.2, 0.25) is 5.92 Å². The highest BCUT2D eigenvalue weighted by molar-refractivity contribution is 5.21. The number of aromatic amines is 1. The minimum absolute atomic E-state index is 0.108. The molecule has 100 valence electrons. The number of halogens is 2. The fourth-order valence-corrected chi connectivity index (χ4v) is 2.39. The quantitative estimate of drug-likeness (QED) is 0.903. The number of aromatic nitrogens is 2. The van der Waals surface area contributed by atoms with Crippen LogP contribution in [0.4, 0.5) is 8.78 Å². The zero-order chi connectivity index (χ0) is 13.5. The van der Waals surface area contributed by atoms with E-state index in [1.54, 1.807) is 6.07 Å².